The highest BCUT2D eigenvalue weighted by molar-refractivity contribution is 6.02. The summed E-state index contributed by atoms with van der Waals surface area (Å²) in [6.07, 6.45) is 15.4. The number of aldehydes is 1. The number of Topliss-reactive ketones (excluding diaryl/α,β-unsaturated/α-hetero) is 1. The zero-order valence-corrected chi connectivity index (χ0v) is 29.4. The fourth-order valence-corrected chi connectivity index (χ4v) is 5.41. The van der Waals surface area contributed by atoms with Gasteiger partial charge in [0.05, 0.1) is 45.6 Å². The standard InChI is InChI=1S/C35H61N3O11/c39-19-22-48-24-23-46-20-17-36-33(42)28-49-26-25-47-21-18-37-34(43)29-27-30(35(44)45)38-32(41)16-14-12-10-8-6-4-2-1-3-5-7-9-11-13-15-31(29)40/h19,29-30H,1-18,20-28H2,(H,36,42)(H,37,43)(H,38,41)(H,44,45)/t29?,30-/m0/s1. The summed E-state index contributed by atoms with van der Waals surface area (Å²) in [5.41, 5.74) is 0. The van der Waals surface area contributed by atoms with Crippen LogP contribution >= 0.6 is 0 Å². The Morgan fingerprint density at radius 3 is 1.71 bits per heavy atom. The number of amides is 3. The number of hydrogen-bond donors (Lipinski definition) is 4. The van der Waals surface area contributed by atoms with Crippen LogP contribution < -0.4 is 16.0 Å². The Bertz CT molecular complexity index is 935. The van der Waals surface area contributed by atoms with Crippen LogP contribution in [0.5, 0.6) is 0 Å². The SMILES string of the molecule is O=CCOCCOCCNC(=O)COCCOCCNC(=O)C1C[C@@H](C(=O)O)NC(=O)CCCCCCCCCCCCCCCCC1=O. The summed E-state index contributed by atoms with van der Waals surface area (Å²) in [5, 5.41) is 17.7. The molecule has 14 heteroatoms. The molecule has 1 saturated heterocycles. The first-order valence-electron chi connectivity index (χ1n) is 18.2. The van der Waals surface area contributed by atoms with Crippen molar-refractivity contribution in [3.8, 4) is 0 Å². The van der Waals surface area contributed by atoms with Gasteiger partial charge in [-0.25, -0.2) is 4.79 Å². The highest BCUT2D eigenvalue weighted by atomic mass is 16.5. The third-order valence-electron chi connectivity index (χ3n) is 8.16. The highest BCUT2D eigenvalue weighted by Crippen LogP contribution is 2.17. The molecule has 4 N–H and O–H groups in total. The Morgan fingerprint density at radius 2 is 1.16 bits per heavy atom. The molecule has 0 aromatic rings. The van der Waals surface area contributed by atoms with Gasteiger partial charge < -0.3 is 44.8 Å². The maximum absolute atomic E-state index is 13.2. The average Bonchev–Trinajstić information content (AvgIpc) is 3.07. The van der Waals surface area contributed by atoms with E-state index >= 15 is 0 Å². The zero-order chi connectivity index (χ0) is 35.8. The number of carboxylic acids is 1. The van der Waals surface area contributed by atoms with Crippen molar-refractivity contribution in [2.24, 2.45) is 5.92 Å². The lowest BCUT2D eigenvalue weighted by Gasteiger charge is -2.21. The Labute approximate surface area is 291 Å². The Balaban J connectivity index is 2.46. The molecule has 0 radical (unpaired) electrons. The van der Waals surface area contributed by atoms with Crippen LogP contribution in [-0.2, 0) is 47.7 Å². The molecule has 0 aliphatic carbocycles. The van der Waals surface area contributed by atoms with Gasteiger partial charge in [-0.05, 0) is 19.3 Å². The van der Waals surface area contributed by atoms with Crippen molar-refractivity contribution < 1.29 is 52.8 Å². The predicted molar refractivity (Wildman–Crippen MR) is 182 cm³/mol. The molecular weight excluding hydrogens is 638 g/mol. The van der Waals surface area contributed by atoms with Gasteiger partial charge in [0.2, 0.25) is 17.7 Å². The summed E-state index contributed by atoms with van der Waals surface area (Å²) in [4.78, 5) is 72.9. The van der Waals surface area contributed by atoms with E-state index in [1.54, 1.807) is 0 Å². The van der Waals surface area contributed by atoms with Crippen LogP contribution in [0.4, 0.5) is 0 Å². The van der Waals surface area contributed by atoms with Crippen LogP contribution in [-0.4, -0.2) is 113 Å². The first-order chi connectivity index (χ1) is 23.8. The number of ketones is 1. The van der Waals surface area contributed by atoms with Gasteiger partial charge in [-0.15, -0.1) is 0 Å². The summed E-state index contributed by atoms with van der Waals surface area (Å²) in [7, 11) is 0. The summed E-state index contributed by atoms with van der Waals surface area (Å²) in [6, 6.07) is -1.35. The number of rotatable bonds is 18. The Kier molecular flexibility index (Phi) is 28.0. The summed E-state index contributed by atoms with van der Waals surface area (Å²) in [5.74, 6) is -4.11. The van der Waals surface area contributed by atoms with Crippen LogP contribution in [0.1, 0.15) is 109 Å². The summed E-state index contributed by atoms with van der Waals surface area (Å²) >= 11 is 0. The first-order valence-corrected chi connectivity index (χ1v) is 18.2. The Hall–Kier alpha value is -2.94. The highest BCUT2D eigenvalue weighted by Gasteiger charge is 2.32. The lowest BCUT2D eigenvalue weighted by Crippen LogP contribution is -2.46. The second kappa shape index (κ2) is 31.1. The lowest BCUT2D eigenvalue weighted by atomic mass is 9.91. The molecule has 0 spiro atoms. The fraction of sp³-hybridized carbons (Fsp3) is 0.829. The average molecular weight is 700 g/mol. The largest absolute Gasteiger partial charge is 0.480 e. The van der Waals surface area contributed by atoms with Crippen molar-refractivity contribution >= 4 is 35.8 Å². The fourth-order valence-electron chi connectivity index (χ4n) is 5.41. The van der Waals surface area contributed by atoms with Crippen molar-refractivity contribution in [3.63, 3.8) is 0 Å². The van der Waals surface area contributed by atoms with Gasteiger partial charge in [0.15, 0.2) is 0 Å². The second-order valence-electron chi connectivity index (χ2n) is 12.3. The number of carbonyl (C=O) groups is 6. The molecule has 49 heavy (non-hydrogen) atoms. The van der Waals surface area contributed by atoms with Crippen LogP contribution in [0.3, 0.4) is 0 Å². The molecule has 2 atom stereocenters. The number of carbonyl (C=O) groups excluding carboxylic acids is 5. The number of nitrogens with one attached hydrogen (secondary N) is 3. The van der Waals surface area contributed by atoms with Crippen molar-refractivity contribution in [3.05, 3.63) is 0 Å². The minimum absolute atomic E-state index is 0.0220. The van der Waals surface area contributed by atoms with Crippen molar-refractivity contribution in [1.82, 2.24) is 16.0 Å². The van der Waals surface area contributed by atoms with E-state index in [9.17, 15) is 33.9 Å². The van der Waals surface area contributed by atoms with E-state index in [4.69, 9.17) is 18.9 Å². The summed E-state index contributed by atoms with van der Waals surface area (Å²) in [6.45, 7) is 1.59. The molecule has 3 amide bonds. The molecule has 1 rings (SSSR count). The van der Waals surface area contributed by atoms with E-state index in [2.05, 4.69) is 16.0 Å². The Morgan fingerprint density at radius 1 is 0.673 bits per heavy atom. The van der Waals surface area contributed by atoms with Crippen molar-refractivity contribution in [1.29, 1.82) is 0 Å². The number of hydrogen-bond acceptors (Lipinski definition) is 10. The van der Waals surface area contributed by atoms with Gasteiger partial charge in [-0.1, -0.05) is 77.0 Å². The molecule has 1 aliphatic rings. The maximum atomic E-state index is 13.2. The molecule has 1 unspecified atom stereocenters. The van der Waals surface area contributed by atoms with E-state index in [-0.39, 0.29) is 70.5 Å². The summed E-state index contributed by atoms with van der Waals surface area (Å²) < 4.78 is 20.9. The van der Waals surface area contributed by atoms with E-state index < -0.39 is 29.7 Å². The van der Waals surface area contributed by atoms with E-state index in [1.165, 1.54) is 38.5 Å². The van der Waals surface area contributed by atoms with E-state index in [0.717, 1.165) is 38.5 Å². The maximum Gasteiger partial charge on any atom is 0.326 e. The van der Waals surface area contributed by atoms with Gasteiger partial charge in [0.25, 0.3) is 0 Å². The monoisotopic (exact) mass is 699 g/mol. The molecule has 0 bridgehead atoms. The van der Waals surface area contributed by atoms with Crippen LogP contribution in [0, 0.1) is 5.92 Å². The zero-order valence-electron chi connectivity index (χ0n) is 29.4. The van der Waals surface area contributed by atoms with Crippen LogP contribution in [0.25, 0.3) is 0 Å². The number of carboxylic acid groups (broad SMARTS) is 1. The topological polar surface area (TPSA) is 196 Å². The second-order valence-corrected chi connectivity index (χ2v) is 12.3. The molecule has 0 aromatic carbocycles. The van der Waals surface area contributed by atoms with Crippen LogP contribution in [0.15, 0.2) is 0 Å². The molecule has 1 aliphatic heterocycles. The third kappa shape index (κ3) is 25.7. The van der Waals surface area contributed by atoms with E-state index in [1.807, 2.05) is 0 Å². The molecule has 14 nitrogen and oxygen atoms in total. The molecule has 282 valence electrons. The lowest BCUT2D eigenvalue weighted by molar-refractivity contribution is -0.143. The first kappa shape index (κ1) is 44.1. The minimum Gasteiger partial charge on any atom is -0.480 e. The quantitative estimate of drug-likeness (QED) is 0.0933. The van der Waals surface area contributed by atoms with Crippen LogP contribution in [0.2, 0.25) is 0 Å². The molecule has 1 heterocycles. The van der Waals surface area contributed by atoms with Crippen molar-refractivity contribution in [2.45, 2.75) is 115 Å². The third-order valence-corrected chi connectivity index (χ3v) is 8.16. The molecule has 0 saturated carbocycles. The number of ether oxygens (including phenoxy) is 4. The van der Waals surface area contributed by atoms with Gasteiger partial charge in [-0.2, -0.15) is 0 Å². The predicted octanol–water partition coefficient (Wildman–Crippen LogP) is 2.88. The van der Waals surface area contributed by atoms with Gasteiger partial charge >= 0.3 is 5.97 Å². The number of aliphatic carboxylic acids is 1. The van der Waals surface area contributed by atoms with Crippen molar-refractivity contribution in [2.75, 3.05) is 65.9 Å². The smallest absolute Gasteiger partial charge is 0.326 e. The molecular formula is C35H61N3O11. The molecule has 0 aromatic heterocycles. The molecule has 1 fully saturated rings. The van der Waals surface area contributed by atoms with Gasteiger partial charge in [0.1, 0.15) is 31.3 Å². The van der Waals surface area contributed by atoms with E-state index in [0.29, 0.717) is 45.5 Å². The van der Waals surface area contributed by atoms with Gasteiger partial charge in [0, 0.05) is 25.9 Å². The minimum atomic E-state index is -1.35. The normalized spacial score (nSPS) is 19.8. The van der Waals surface area contributed by atoms with Gasteiger partial charge in [-0.3, -0.25) is 19.2 Å².